The molecule has 1 nitrogen and oxygen atoms in total. The van der Waals surface area contributed by atoms with Gasteiger partial charge in [-0.3, -0.25) is 0 Å². The number of aliphatic hydroxyl groups is 1. The molecule has 0 aromatic carbocycles. The van der Waals surface area contributed by atoms with Crippen LogP contribution in [0.5, 0.6) is 0 Å². The minimum atomic E-state index is 0.115. The van der Waals surface area contributed by atoms with E-state index in [1.165, 1.54) is 0 Å². The molecule has 0 heterocycles. The number of hydrogen-bond donors (Lipinski definition) is 1. The maximum Gasteiger partial charge on any atom is 0.0608 e. The summed E-state index contributed by atoms with van der Waals surface area (Å²) in [7, 11) is 0. The van der Waals surface area contributed by atoms with Gasteiger partial charge in [-0.25, -0.2) is 0 Å². The van der Waals surface area contributed by atoms with Gasteiger partial charge in [-0.2, -0.15) is 0 Å². The van der Waals surface area contributed by atoms with Crippen LogP contribution in [0.1, 0.15) is 0 Å². The molecule has 6 fully saturated rings. The van der Waals surface area contributed by atoms with E-state index >= 15 is 0 Å². The second-order valence-corrected chi connectivity index (χ2v) is 6.58. The summed E-state index contributed by atoms with van der Waals surface area (Å²) in [5, 5.41) is 9.84. The van der Waals surface area contributed by atoms with E-state index in [1.807, 2.05) is 0 Å². The van der Waals surface area contributed by atoms with Crippen molar-refractivity contribution >= 4 is 15.9 Å². The predicted molar refractivity (Wildman–Crippen MR) is 42.1 cm³/mol. The molecule has 0 radical (unpaired) electrons. The van der Waals surface area contributed by atoms with Crippen molar-refractivity contribution in [3.05, 3.63) is 0 Å². The Morgan fingerprint density at radius 1 is 0.909 bits per heavy atom. The summed E-state index contributed by atoms with van der Waals surface area (Å²) in [5.74, 6) is 6.24. The zero-order valence-electron chi connectivity index (χ0n) is 5.94. The second kappa shape index (κ2) is 1.00. The second-order valence-electron chi connectivity index (χ2n) is 5.20. The molecule has 6 saturated carbocycles. The Balaban J connectivity index is 1.84. The summed E-state index contributed by atoms with van der Waals surface area (Å²) in [4.78, 5) is 0. The number of alkyl halides is 1. The summed E-state index contributed by atoms with van der Waals surface area (Å²) in [5.41, 5.74) is 0. The predicted octanol–water partition coefficient (Wildman–Crippen LogP) is 0.862. The van der Waals surface area contributed by atoms with Crippen LogP contribution in [0.4, 0.5) is 0 Å². The van der Waals surface area contributed by atoms with Crippen LogP contribution in [0.15, 0.2) is 0 Å². The first-order chi connectivity index (χ1) is 5.28. The SMILES string of the molecule is O[C@@H]1C2[C@H]3C4[C@H]2[C@@H]2C1[C@@H]3C42Br. The summed E-state index contributed by atoms with van der Waals surface area (Å²) >= 11 is 3.89. The smallest absolute Gasteiger partial charge is 0.0608 e. The molecule has 5 atom stereocenters. The molecule has 0 saturated heterocycles. The van der Waals surface area contributed by atoms with Gasteiger partial charge in [-0.05, 0) is 41.4 Å². The van der Waals surface area contributed by atoms with Crippen LogP contribution in [0.25, 0.3) is 0 Å². The first kappa shape index (κ1) is 5.23. The molecule has 2 heteroatoms. The number of aliphatic hydroxyl groups excluding tert-OH is 1. The van der Waals surface area contributed by atoms with Crippen molar-refractivity contribution in [2.24, 2.45) is 41.4 Å². The minimum absolute atomic E-state index is 0.115. The van der Waals surface area contributed by atoms with E-state index in [0.717, 1.165) is 41.4 Å². The Hall–Kier alpha value is 0.440. The summed E-state index contributed by atoms with van der Waals surface area (Å²) in [6.07, 6.45) is 0.115. The fraction of sp³-hybridized carbons (Fsp3) is 1.00. The Kier molecular flexibility index (Phi) is 0.477. The molecular weight excluding hydrogens is 204 g/mol. The Morgan fingerprint density at radius 2 is 1.45 bits per heavy atom. The highest BCUT2D eigenvalue weighted by molar-refractivity contribution is 9.10. The summed E-state index contributed by atoms with van der Waals surface area (Å²) in [6, 6.07) is 0. The largest absolute Gasteiger partial charge is 0.393 e. The fourth-order valence-corrected chi connectivity index (χ4v) is 7.56. The highest BCUT2D eigenvalue weighted by Gasteiger charge is 2.99. The standard InChI is InChI=1S/C9H9BrO/c10-9-5-2-1-3(5)7(9)4(6(2)9)8(1)11/h1-8,11H/t1?,2-,3-,4?,5?,6+,7+,8+,9?/m0/s1. The van der Waals surface area contributed by atoms with Gasteiger partial charge in [0.25, 0.3) is 0 Å². The molecule has 0 spiro atoms. The van der Waals surface area contributed by atoms with E-state index in [2.05, 4.69) is 15.9 Å². The maximum absolute atomic E-state index is 9.84. The minimum Gasteiger partial charge on any atom is -0.393 e. The van der Waals surface area contributed by atoms with Crippen LogP contribution in [0, 0.1) is 41.4 Å². The zero-order valence-corrected chi connectivity index (χ0v) is 7.53. The van der Waals surface area contributed by atoms with Crippen LogP contribution in [-0.2, 0) is 0 Å². The average molecular weight is 213 g/mol. The molecule has 2 bridgehead atoms. The van der Waals surface area contributed by atoms with E-state index in [1.54, 1.807) is 0 Å². The third-order valence-electron chi connectivity index (χ3n) is 5.70. The van der Waals surface area contributed by atoms with E-state index < -0.39 is 0 Å². The summed E-state index contributed by atoms with van der Waals surface area (Å²) in [6.45, 7) is 0. The number of rotatable bonds is 0. The molecule has 6 aliphatic carbocycles. The Bertz CT molecular complexity index is 282. The zero-order chi connectivity index (χ0) is 7.12. The first-order valence-corrected chi connectivity index (χ1v) is 5.44. The molecule has 0 unspecified atom stereocenters. The quantitative estimate of drug-likeness (QED) is 0.592. The van der Waals surface area contributed by atoms with Crippen LogP contribution in [0.3, 0.4) is 0 Å². The highest BCUT2D eigenvalue weighted by Crippen LogP contribution is 2.98. The normalized spacial score (nSPS) is 96.5. The van der Waals surface area contributed by atoms with E-state index in [-0.39, 0.29) is 6.10 Å². The lowest BCUT2D eigenvalue weighted by Gasteiger charge is -2.88. The van der Waals surface area contributed by atoms with Gasteiger partial charge in [0.05, 0.1) is 6.10 Å². The topological polar surface area (TPSA) is 20.2 Å². The van der Waals surface area contributed by atoms with Crippen LogP contribution in [0.2, 0.25) is 0 Å². The third-order valence-corrected chi connectivity index (χ3v) is 7.28. The first-order valence-electron chi connectivity index (χ1n) is 4.65. The van der Waals surface area contributed by atoms with Crippen molar-refractivity contribution in [3.63, 3.8) is 0 Å². The molecule has 6 aliphatic rings. The molecule has 6 rings (SSSR count). The number of halogens is 1. The van der Waals surface area contributed by atoms with Gasteiger partial charge in [0.2, 0.25) is 0 Å². The van der Waals surface area contributed by atoms with Gasteiger partial charge in [0, 0.05) is 4.32 Å². The van der Waals surface area contributed by atoms with Crippen LogP contribution >= 0.6 is 15.9 Å². The van der Waals surface area contributed by atoms with Gasteiger partial charge < -0.3 is 5.11 Å². The van der Waals surface area contributed by atoms with E-state index in [9.17, 15) is 5.11 Å². The van der Waals surface area contributed by atoms with E-state index in [4.69, 9.17) is 0 Å². The lowest BCUT2D eigenvalue weighted by molar-refractivity contribution is -0.349. The average Bonchev–Trinajstić information content (AvgIpc) is 2.16. The molecule has 0 aliphatic heterocycles. The molecule has 0 amide bonds. The van der Waals surface area contributed by atoms with Crippen molar-refractivity contribution < 1.29 is 5.11 Å². The molecule has 58 valence electrons. The van der Waals surface area contributed by atoms with Crippen molar-refractivity contribution in [2.45, 2.75) is 10.4 Å². The van der Waals surface area contributed by atoms with E-state index in [0.29, 0.717) is 4.32 Å². The van der Waals surface area contributed by atoms with Crippen molar-refractivity contribution in [3.8, 4) is 0 Å². The highest BCUT2D eigenvalue weighted by atomic mass is 79.9. The molecular formula is C9H9BrO. The Morgan fingerprint density at radius 3 is 1.91 bits per heavy atom. The van der Waals surface area contributed by atoms with Crippen molar-refractivity contribution in [2.75, 3.05) is 0 Å². The maximum atomic E-state index is 9.84. The van der Waals surface area contributed by atoms with Gasteiger partial charge in [-0.15, -0.1) is 0 Å². The molecule has 0 aromatic heterocycles. The third kappa shape index (κ3) is 0.218. The summed E-state index contributed by atoms with van der Waals surface area (Å²) < 4.78 is 0.584. The van der Waals surface area contributed by atoms with Crippen LogP contribution in [-0.4, -0.2) is 15.5 Å². The lowest BCUT2D eigenvalue weighted by Crippen LogP contribution is -2.90. The van der Waals surface area contributed by atoms with Gasteiger partial charge in [-0.1, -0.05) is 15.9 Å². The molecule has 11 heavy (non-hydrogen) atoms. The Labute approximate surface area is 73.3 Å². The number of hydrogen-bond acceptors (Lipinski definition) is 1. The van der Waals surface area contributed by atoms with Crippen molar-refractivity contribution in [1.82, 2.24) is 0 Å². The van der Waals surface area contributed by atoms with Gasteiger partial charge in [0.15, 0.2) is 0 Å². The fourth-order valence-electron chi connectivity index (χ4n) is 5.73. The molecule has 1 N–H and O–H groups in total. The van der Waals surface area contributed by atoms with Gasteiger partial charge >= 0.3 is 0 Å². The molecule has 0 aromatic rings. The van der Waals surface area contributed by atoms with Gasteiger partial charge in [0.1, 0.15) is 0 Å². The van der Waals surface area contributed by atoms with Crippen LogP contribution < -0.4 is 0 Å². The van der Waals surface area contributed by atoms with Crippen molar-refractivity contribution in [1.29, 1.82) is 0 Å². The monoisotopic (exact) mass is 212 g/mol. The lowest BCUT2D eigenvalue weighted by atomic mass is 9.20.